The Bertz CT molecular complexity index is 644. The minimum Gasteiger partial charge on any atom is -0.339 e. The van der Waals surface area contributed by atoms with Crippen molar-refractivity contribution in [3.8, 4) is 0 Å². The van der Waals surface area contributed by atoms with Gasteiger partial charge in [-0.1, -0.05) is 37.0 Å². The van der Waals surface area contributed by atoms with Crippen molar-refractivity contribution in [1.29, 1.82) is 0 Å². The fourth-order valence-electron chi connectivity index (χ4n) is 1.84. The van der Waals surface area contributed by atoms with E-state index in [1.54, 1.807) is 4.90 Å². The second kappa shape index (κ2) is 7.18. The summed E-state index contributed by atoms with van der Waals surface area (Å²) in [4.78, 5) is 13.7. The van der Waals surface area contributed by atoms with Gasteiger partial charge in [0, 0.05) is 29.3 Å². The highest BCUT2D eigenvalue weighted by Gasteiger charge is 2.23. The smallest absolute Gasteiger partial charge is 0.262 e. The van der Waals surface area contributed by atoms with Gasteiger partial charge >= 0.3 is 0 Å². The first-order valence-electron chi connectivity index (χ1n) is 6.30. The van der Waals surface area contributed by atoms with Crippen LogP contribution in [0.2, 0.25) is 10.0 Å². The first-order valence-corrected chi connectivity index (χ1v) is 9.37. The van der Waals surface area contributed by atoms with Gasteiger partial charge in [0.2, 0.25) is 0 Å². The van der Waals surface area contributed by atoms with E-state index < -0.39 is 9.05 Å². The molecule has 0 saturated carbocycles. The van der Waals surface area contributed by atoms with Crippen LogP contribution in [0, 0.1) is 5.92 Å². The minimum absolute atomic E-state index is 0.0256. The van der Waals surface area contributed by atoms with Crippen molar-refractivity contribution in [3.63, 3.8) is 0 Å². The van der Waals surface area contributed by atoms with Crippen molar-refractivity contribution in [3.05, 3.63) is 27.7 Å². The molecule has 0 aliphatic heterocycles. The van der Waals surface area contributed by atoms with Crippen LogP contribution in [0.5, 0.6) is 0 Å². The van der Waals surface area contributed by atoms with E-state index in [0.717, 1.165) is 6.07 Å². The summed E-state index contributed by atoms with van der Waals surface area (Å²) in [7, 11) is 1.23. The van der Waals surface area contributed by atoms with Gasteiger partial charge in [0.1, 0.15) is 4.90 Å². The van der Waals surface area contributed by atoms with E-state index in [1.165, 1.54) is 6.07 Å². The lowest BCUT2D eigenvalue weighted by atomic mass is 10.1. The van der Waals surface area contributed by atoms with E-state index >= 15 is 0 Å². The molecule has 1 aromatic rings. The number of rotatable bonds is 5. The van der Waals surface area contributed by atoms with Crippen LogP contribution < -0.4 is 0 Å². The fraction of sp³-hybridized carbons (Fsp3) is 0.462. The molecule has 1 aromatic carbocycles. The molecule has 21 heavy (non-hydrogen) atoms. The molecule has 0 saturated heterocycles. The van der Waals surface area contributed by atoms with Crippen molar-refractivity contribution < 1.29 is 13.2 Å². The van der Waals surface area contributed by atoms with Crippen molar-refractivity contribution in [2.75, 3.05) is 13.1 Å². The van der Waals surface area contributed by atoms with Crippen LogP contribution in [0.3, 0.4) is 0 Å². The lowest BCUT2D eigenvalue weighted by Crippen LogP contribution is -2.34. The quantitative estimate of drug-likeness (QED) is 0.733. The SMILES string of the molecule is CCN(CC(C)C)C(=O)c1cc(Cl)c(Cl)c(S(=O)(=O)Cl)c1. The van der Waals surface area contributed by atoms with Crippen LogP contribution in [0.1, 0.15) is 31.1 Å². The summed E-state index contributed by atoms with van der Waals surface area (Å²) in [6.07, 6.45) is 0. The number of amides is 1. The summed E-state index contributed by atoms with van der Waals surface area (Å²) in [5.74, 6) is -0.0285. The first-order chi connectivity index (χ1) is 9.57. The molecule has 0 unspecified atom stereocenters. The third-order valence-corrected chi connectivity index (χ3v) is 5.02. The zero-order valence-electron chi connectivity index (χ0n) is 11.9. The monoisotopic (exact) mass is 371 g/mol. The Morgan fingerprint density at radius 1 is 1.29 bits per heavy atom. The predicted molar refractivity (Wildman–Crippen MR) is 85.9 cm³/mol. The number of halogens is 3. The van der Waals surface area contributed by atoms with E-state index in [9.17, 15) is 13.2 Å². The van der Waals surface area contributed by atoms with Gasteiger partial charge in [-0.15, -0.1) is 0 Å². The molecule has 0 bridgehead atoms. The standard InChI is InChI=1S/C13H16Cl3NO3S/c1-4-17(7-8(2)3)13(18)9-5-10(14)12(15)11(6-9)21(16,19)20/h5-6,8H,4,7H2,1-3H3. The van der Waals surface area contributed by atoms with Crippen LogP contribution in [0.4, 0.5) is 0 Å². The average Bonchev–Trinajstić information content (AvgIpc) is 2.36. The van der Waals surface area contributed by atoms with Crippen LogP contribution >= 0.6 is 33.9 Å². The van der Waals surface area contributed by atoms with Crippen LogP contribution in [0.25, 0.3) is 0 Å². The molecule has 0 fully saturated rings. The normalized spacial score (nSPS) is 11.8. The van der Waals surface area contributed by atoms with E-state index in [4.69, 9.17) is 33.9 Å². The molecule has 0 aliphatic carbocycles. The van der Waals surface area contributed by atoms with E-state index in [-0.39, 0.29) is 32.3 Å². The number of hydrogen-bond acceptors (Lipinski definition) is 3. The van der Waals surface area contributed by atoms with E-state index in [0.29, 0.717) is 13.1 Å². The predicted octanol–water partition coefficient (Wildman–Crippen LogP) is 4.04. The molecule has 1 rings (SSSR count). The molecular weight excluding hydrogens is 357 g/mol. The summed E-state index contributed by atoms with van der Waals surface area (Å²) in [5, 5.41) is -0.211. The van der Waals surface area contributed by atoms with Gasteiger partial charge in [-0.3, -0.25) is 4.79 Å². The van der Waals surface area contributed by atoms with E-state index in [2.05, 4.69) is 0 Å². The van der Waals surface area contributed by atoms with Crippen molar-refractivity contribution in [2.45, 2.75) is 25.7 Å². The number of nitrogens with zero attached hydrogens (tertiary/aromatic N) is 1. The first kappa shape index (κ1) is 18.6. The molecule has 0 radical (unpaired) electrons. The third kappa shape index (κ3) is 4.74. The third-order valence-electron chi connectivity index (χ3n) is 2.76. The zero-order valence-corrected chi connectivity index (χ0v) is 14.9. The lowest BCUT2D eigenvalue weighted by Gasteiger charge is -2.23. The van der Waals surface area contributed by atoms with Gasteiger partial charge in [-0.2, -0.15) is 0 Å². The summed E-state index contributed by atoms with van der Waals surface area (Å²) < 4.78 is 23.0. The molecule has 4 nitrogen and oxygen atoms in total. The van der Waals surface area contributed by atoms with Gasteiger partial charge in [0.25, 0.3) is 15.0 Å². The van der Waals surface area contributed by atoms with Gasteiger partial charge in [-0.05, 0) is 25.0 Å². The molecule has 118 valence electrons. The average molecular weight is 373 g/mol. The second-order valence-corrected chi connectivity index (χ2v) is 8.27. The van der Waals surface area contributed by atoms with E-state index in [1.807, 2.05) is 20.8 Å². The number of benzene rings is 1. The molecular formula is C13H16Cl3NO3S. The Morgan fingerprint density at radius 3 is 2.29 bits per heavy atom. The largest absolute Gasteiger partial charge is 0.339 e. The summed E-state index contributed by atoms with van der Waals surface area (Å²) in [5.41, 5.74) is 0.145. The second-order valence-electron chi connectivity index (χ2n) is 4.95. The van der Waals surface area contributed by atoms with Gasteiger partial charge < -0.3 is 4.90 Å². The maximum absolute atomic E-state index is 12.4. The Morgan fingerprint density at radius 2 is 1.86 bits per heavy atom. The lowest BCUT2D eigenvalue weighted by molar-refractivity contribution is 0.0745. The fourth-order valence-corrected chi connectivity index (χ4v) is 3.61. The van der Waals surface area contributed by atoms with Gasteiger partial charge in [0.05, 0.1) is 10.0 Å². The number of carbonyl (C=O) groups is 1. The Kier molecular flexibility index (Phi) is 6.35. The Labute approximate surface area is 139 Å². The molecule has 0 heterocycles. The topological polar surface area (TPSA) is 54.5 Å². The molecule has 0 N–H and O–H groups in total. The highest BCUT2D eigenvalue weighted by molar-refractivity contribution is 8.13. The minimum atomic E-state index is -4.08. The Hall–Kier alpha value is -0.490. The molecule has 8 heteroatoms. The number of carbonyl (C=O) groups excluding carboxylic acids is 1. The summed E-state index contributed by atoms with van der Waals surface area (Å²) in [6.45, 7) is 6.87. The van der Waals surface area contributed by atoms with Crippen molar-refractivity contribution in [2.24, 2.45) is 5.92 Å². The van der Waals surface area contributed by atoms with Crippen LogP contribution in [0.15, 0.2) is 17.0 Å². The summed E-state index contributed by atoms with van der Waals surface area (Å²) >= 11 is 11.7. The van der Waals surface area contributed by atoms with Crippen LogP contribution in [-0.4, -0.2) is 32.3 Å². The van der Waals surface area contributed by atoms with Gasteiger partial charge in [0.15, 0.2) is 0 Å². The summed E-state index contributed by atoms with van der Waals surface area (Å²) in [6, 6.07) is 2.50. The maximum atomic E-state index is 12.4. The van der Waals surface area contributed by atoms with Gasteiger partial charge in [-0.25, -0.2) is 8.42 Å². The molecule has 0 aliphatic rings. The zero-order chi connectivity index (χ0) is 16.4. The molecule has 1 amide bonds. The highest BCUT2D eigenvalue weighted by Crippen LogP contribution is 2.33. The molecule has 0 spiro atoms. The highest BCUT2D eigenvalue weighted by atomic mass is 35.7. The Balaban J connectivity index is 3.31. The number of hydrogen-bond donors (Lipinski definition) is 0. The van der Waals surface area contributed by atoms with Crippen molar-refractivity contribution in [1.82, 2.24) is 4.90 Å². The molecule has 0 atom stereocenters. The van der Waals surface area contributed by atoms with Crippen molar-refractivity contribution >= 4 is 48.8 Å². The maximum Gasteiger partial charge on any atom is 0.262 e. The molecule has 0 aromatic heterocycles. The van der Waals surface area contributed by atoms with Crippen LogP contribution in [-0.2, 0) is 9.05 Å².